The number of carbonyl (C=O) groups is 1. The van der Waals surface area contributed by atoms with E-state index in [0.717, 1.165) is 44.0 Å². The van der Waals surface area contributed by atoms with E-state index in [0.29, 0.717) is 11.4 Å². The summed E-state index contributed by atoms with van der Waals surface area (Å²) in [6.45, 7) is 4.66. The number of piperidine rings is 1. The summed E-state index contributed by atoms with van der Waals surface area (Å²) in [5.41, 5.74) is 6.12. The zero-order valence-corrected chi connectivity index (χ0v) is 18.1. The number of aliphatic hydroxyl groups is 1. The average Bonchev–Trinajstić information content (AvgIpc) is 2.58. The molecule has 8 heteroatoms. The first-order chi connectivity index (χ1) is 12.0. The molecule has 1 heterocycles. The van der Waals surface area contributed by atoms with E-state index >= 15 is 0 Å². The van der Waals surface area contributed by atoms with E-state index < -0.39 is 6.10 Å². The van der Waals surface area contributed by atoms with Crippen molar-refractivity contribution >= 4 is 47.4 Å². The molecule has 0 radical (unpaired) electrons. The Morgan fingerprint density at radius 2 is 2.15 bits per heavy atom. The Labute approximate surface area is 177 Å². The van der Waals surface area contributed by atoms with E-state index in [1.54, 1.807) is 24.3 Å². The largest absolute Gasteiger partial charge is 0.386 e. The highest BCUT2D eigenvalue weighted by molar-refractivity contribution is 14.0. The minimum absolute atomic E-state index is 0. The standard InChI is InChI=1S/C18H27ClN4O2.HI/c1-2-21-18(23-9-3-4-13(12-23)10-17(20)25)22-11-16(24)14-5-7-15(19)8-6-14;/h5-8,13,16,24H,2-4,9-12H2,1H3,(H2,20,25)(H,21,22);1H. The molecular formula is C18H28ClIN4O2. The highest BCUT2D eigenvalue weighted by atomic mass is 127. The number of aliphatic hydroxyl groups excluding tert-OH is 1. The summed E-state index contributed by atoms with van der Waals surface area (Å²) in [6.07, 6.45) is 1.73. The topological polar surface area (TPSA) is 91.0 Å². The van der Waals surface area contributed by atoms with Crippen molar-refractivity contribution in [2.75, 3.05) is 26.2 Å². The van der Waals surface area contributed by atoms with Crippen molar-refractivity contribution in [1.29, 1.82) is 0 Å². The maximum atomic E-state index is 11.2. The van der Waals surface area contributed by atoms with E-state index in [9.17, 15) is 9.90 Å². The van der Waals surface area contributed by atoms with Gasteiger partial charge in [0.15, 0.2) is 5.96 Å². The van der Waals surface area contributed by atoms with E-state index in [-0.39, 0.29) is 42.3 Å². The van der Waals surface area contributed by atoms with Crippen LogP contribution in [0.5, 0.6) is 0 Å². The van der Waals surface area contributed by atoms with Crippen LogP contribution in [-0.2, 0) is 4.79 Å². The van der Waals surface area contributed by atoms with E-state index in [1.807, 2.05) is 6.92 Å². The lowest BCUT2D eigenvalue weighted by Crippen LogP contribution is -2.47. The van der Waals surface area contributed by atoms with Gasteiger partial charge in [0.2, 0.25) is 5.91 Å². The molecular weight excluding hydrogens is 467 g/mol. The van der Waals surface area contributed by atoms with Crippen LogP contribution in [0.1, 0.15) is 37.9 Å². The minimum atomic E-state index is -0.683. The molecule has 6 nitrogen and oxygen atoms in total. The Hall–Kier alpha value is -1.06. The van der Waals surface area contributed by atoms with Crippen molar-refractivity contribution in [3.8, 4) is 0 Å². The van der Waals surface area contributed by atoms with Crippen molar-refractivity contribution in [3.63, 3.8) is 0 Å². The fourth-order valence-electron chi connectivity index (χ4n) is 3.10. The van der Waals surface area contributed by atoms with Crippen LogP contribution in [-0.4, -0.2) is 48.1 Å². The van der Waals surface area contributed by atoms with Crippen LogP contribution >= 0.6 is 35.6 Å². The smallest absolute Gasteiger partial charge is 0.217 e. The van der Waals surface area contributed by atoms with E-state index in [1.165, 1.54) is 0 Å². The van der Waals surface area contributed by atoms with Crippen molar-refractivity contribution in [3.05, 3.63) is 34.9 Å². The molecule has 1 saturated heterocycles. The lowest BCUT2D eigenvalue weighted by Gasteiger charge is -2.34. The number of primary amides is 1. The molecule has 0 saturated carbocycles. The predicted molar refractivity (Wildman–Crippen MR) is 116 cm³/mol. The second kappa shape index (κ2) is 11.6. The number of nitrogens with zero attached hydrogens (tertiary/aromatic N) is 2. The van der Waals surface area contributed by atoms with Gasteiger partial charge in [0, 0.05) is 31.1 Å². The molecule has 0 aliphatic carbocycles. The third-order valence-electron chi connectivity index (χ3n) is 4.31. The number of aliphatic imine (C=N–C) groups is 1. The number of rotatable bonds is 6. The molecule has 26 heavy (non-hydrogen) atoms. The Balaban J connectivity index is 0.00000338. The second-order valence-electron chi connectivity index (χ2n) is 6.39. The van der Waals surface area contributed by atoms with Crippen LogP contribution in [0.2, 0.25) is 5.02 Å². The Morgan fingerprint density at radius 1 is 1.46 bits per heavy atom. The number of guanidine groups is 1. The first kappa shape index (κ1) is 23.0. The van der Waals surface area contributed by atoms with Crippen molar-refractivity contribution in [2.24, 2.45) is 16.6 Å². The number of halogens is 2. The number of hydrogen-bond acceptors (Lipinski definition) is 3. The number of carbonyl (C=O) groups excluding carboxylic acids is 1. The fourth-order valence-corrected chi connectivity index (χ4v) is 3.22. The number of nitrogens with one attached hydrogen (secondary N) is 1. The summed E-state index contributed by atoms with van der Waals surface area (Å²) >= 11 is 5.88. The molecule has 4 N–H and O–H groups in total. The van der Waals surface area contributed by atoms with Gasteiger partial charge in [0.25, 0.3) is 0 Å². The highest BCUT2D eigenvalue weighted by Crippen LogP contribution is 2.20. The van der Waals surface area contributed by atoms with Crippen molar-refractivity contribution < 1.29 is 9.90 Å². The fraction of sp³-hybridized carbons (Fsp3) is 0.556. The van der Waals surface area contributed by atoms with Crippen LogP contribution in [0.3, 0.4) is 0 Å². The summed E-state index contributed by atoms with van der Waals surface area (Å²) in [5.74, 6) is 0.771. The predicted octanol–water partition coefficient (Wildman–Crippen LogP) is 2.54. The molecule has 2 rings (SSSR count). The van der Waals surface area contributed by atoms with Gasteiger partial charge < -0.3 is 21.1 Å². The third kappa shape index (κ3) is 7.28. The monoisotopic (exact) mass is 494 g/mol. The molecule has 0 spiro atoms. The maximum Gasteiger partial charge on any atom is 0.217 e. The molecule has 1 fully saturated rings. The van der Waals surface area contributed by atoms with Gasteiger partial charge in [0.1, 0.15) is 0 Å². The van der Waals surface area contributed by atoms with Crippen LogP contribution in [0.25, 0.3) is 0 Å². The molecule has 146 valence electrons. The minimum Gasteiger partial charge on any atom is -0.386 e. The first-order valence-corrected chi connectivity index (χ1v) is 9.12. The number of benzene rings is 1. The summed E-state index contributed by atoms with van der Waals surface area (Å²) < 4.78 is 0. The first-order valence-electron chi connectivity index (χ1n) is 8.74. The Bertz CT molecular complexity index is 597. The number of nitrogens with two attached hydrogens (primary N) is 1. The lowest BCUT2D eigenvalue weighted by atomic mass is 9.95. The van der Waals surface area contributed by atoms with Crippen LogP contribution in [0.4, 0.5) is 0 Å². The van der Waals surface area contributed by atoms with Gasteiger partial charge >= 0.3 is 0 Å². The summed E-state index contributed by atoms with van der Waals surface area (Å²) in [4.78, 5) is 17.9. The Morgan fingerprint density at radius 3 is 2.77 bits per heavy atom. The number of hydrogen-bond donors (Lipinski definition) is 3. The van der Waals surface area contributed by atoms with Crippen LogP contribution in [0, 0.1) is 5.92 Å². The SMILES string of the molecule is CCNC(=NCC(O)c1ccc(Cl)cc1)N1CCCC(CC(N)=O)C1.I. The maximum absolute atomic E-state index is 11.2. The van der Waals surface area contributed by atoms with E-state index in [2.05, 4.69) is 15.2 Å². The van der Waals surface area contributed by atoms with Crippen LogP contribution in [0.15, 0.2) is 29.3 Å². The third-order valence-corrected chi connectivity index (χ3v) is 4.56. The number of amides is 1. The second-order valence-corrected chi connectivity index (χ2v) is 6.82. The molecule has 0 bridgehead atoms. The average molecular weight is 495 g/mol. The molecule has 0 aromatic heterocycles. The zero-order valence-electron chi connectivity index (χ0n) is 15.0. The summed E-state index contributed by atoms with van der Waals surface area (Å²) in [6, 6.07) is 7.13. The molecule has 2 unspecified atom stereocenters. The normalized spacial score (nSPS) is 18.8. The number of likely N-dealkylation sites (tertiary alicyclic amines) is 1. The van der Waals surface area contributed by atoms with Gasteiger partial charge in [-0.25, -0.2) is 0 Å². The Kier molecular flexibility index (Phi) is 10.3. The van der Waals surface area contributed by atoms with Crippen LogP contribution < -0.4 is 11.1 Å². The van der Waals surface area contributed by atoms with Gasteiger partial charge in [-0.2, -0.15) is 0 Å². The highest BCUT2D eigenvalue weighted by Gasteiger charge is 2.23. The summed E-state index contributed by atoms with van der Waals surface area (Å²) in [7, 11) is 0. The van der Waals surface area contributed by atoms with Gasteiger partial charge in [-0.1, -0.05) is 23.7 Å². The molecule has 1 aliphatic heterocycles. The molecule has 1 amide bonds. The van der Waals surface area contributed by atoms with Gasteiger partial charge in [-0.3, -0.25) is 9.79 Å². The quantitative estimate of drug-likeness (QED) is 0.322. The molecule has 1 aliphatic rings. The van der Waals surface area contributed by atoms with Gasteiger partial charge in [0.05, 0.1) is 12.6 Å². The zero-order chi connectivity index (χ0) is 18.2. The van der Waals surface area contributed by atoms with Crippen molar-refractivity contribution in [2.45, 2.75) is 32.3 Å². The van der Waals surface area contributed by atoms with Crippen molar-refractivity contribution in [1.82, 2.24) is 10.2 Å². The molecule has 1 aromatic rings. The van der Waals surface area contributed by atoms with Gasteiger partial charge in [-0.05, 0) is 43.4 Å². The van der Waals surface area contributed by atoms with Gasteiger partial charge in [-0.15, -0.1) is 24.0 Å². The molecule has 1 aromatic carbocycles. The lowest BCUT2D eigenvalue weighted by molar-refractivity contribution is -0.119. The molecule has 2 atom stereocenters. The summed E-state index contributed by atoms with van der Waals surface area (Å²) in [5, 5.41) is 14.3. The van der Waals surface area contributed by atoms with E-state index in [4.69, 9.17) is 17.3 Å².